The number of aryl methyl sites for hydroxylation is 1. The molecule has 1 aromatic heterocycles. The molecule has 0 fully saturated rings. The Morgan fingerprint density at radius 1 is 1.44 bits per heavy atom. The van der Waals surface area contributed by atoms with Gasteiger partial charge in [0.15, 0.2) is 5.16 Å². The fourth-order valence-electron chi connectivity index (χ4n) is 1.28. The third-order valence-electron chi connectivity index (χ3n) is 2.14. The molecule has 0 aliphatic rings. The van der Waals surface area contributed by atoms with Crippen LogP contribution in [0.25, 0.3) is 0 Å². The van der Waals surface area contributed by atoms with E-state index in [0.29, 0.717) is 0 Å². The summed E-state index contributed by atoms with van der Waals surface area (Å²) in [6.45, 7) is 3.24. The van der Waals surface area contributed by atoms with Gasteiger partial charge in [0.1, 0.15) is 6.33 Å². The van der Waals surface area contributed by atoms with Gasteiger partial charge in [0.05, 0.1) is 0 Å². The molecular formula is C10H21N5S. The average molecular weight is 243 g/mol. The van der Waals surface area contributed by atoms with E-state index in [1.807, 2.05) is 7.05 Å². The van der Waals surface area contributed by atoms with Crippen LogP contribution in [0.1, 0.15) is 6.42 Å². The van der Waals surface area contributed by atoms with E-state index in [1.54, 1.807) is 22.8 Å². The van der Waals surface area contributed by atoms with Gasteiger partial charge in [-0.15, -0.1) is 0 Å². The van der Waals surface area contributed by atoms with Gasteiger partial charge in [-0.1, -0.05) is 11.8 Å². The minimum absolute atomic E-state index is 0.982. The molecule has 0 amide bonds. The van der Waals surface area contributed by atoms with Gasteiger partial charge in [-0.25, -0.2) is 9.67 Å². The van der Waals surface area contributed by atoms with E-state index in [1.165, 1.54) is 6.42 Å². The van der Waals surface area contributed by atoms with E-state index in [0.717, 1.165) is 30.5 Å². The summed E-state index contributed by atoms with van der Waals surface area (Å²) in [6.07, 6.45) is 2.79. The molecule has 0 aliphatic carbocycles. The summed E-state index contributed by atoms with van der Waals surface area (Å²) < 4.78 is 1.80. The Morgan fingerprint density at radius 3 is 2.88 bits per heavy atom. The van der Waals surface area contributed by atoms with Crippen molar-refractivity contribution in [2.75, 3.05) is 39.5 Å². The van der Waals surface area contributed by atoms with Crippen LogP contribution < -0.4 is 5.32 Å². The van der Waals surface area contributed by atoms with Crippen molar-refractivity contribution in [3.05, 3.63) is 6.33 Å². The molecule has 0 saturated carbocycles. The maximum atomic E-state index is 4.15. The average Bonchev–Trinajstić information content (AvgIpc) is 2.62. The fraction of sp³-hybridized carbons (Fsp3) is 0.800. The highest BCUT2D eigenvalue weighted by molar-refractivity contribution is 7.99. The van der Waals surface area contributed by atoms with Crippen molar-refractivity contribution in [3.63, 3.8) is 0 Å². The molecule has 0 bridgehead atoms. The first kappa shape index (κ1) is 13.5. The van der Waals surface area contributed by atoms with Crippen LogP contribution in [0.2, 0.25) is 0 Å². The summed E-state index contributed by atoms with van der Waals surface area (Å²) >= 11 is 1.73. The van der Waals surface area contributed by atoms with Crippen LogP contribution in [0.5, 0.6) is 0 Å². The van der Waals surface area contributed by atoms with Crippen molar-refractivity contribution in [2.24, 2.45) is 7.05 Å². The van der Waals surface area contributed by atoms with Crippen molar-refractivity contribution < 1.29 is 0 Å². The van der Waals surface area contributed by atoms with Gasteiger partial charge in [-0.05, 0) is 33.6 Å². The first-order chi connectivity index (χ1) is 7.70. The van der Waals surface area contributed by atoms with Crippen LogP contribution in [0.3, 0.4) is 0 Å². The molecule has 6 heteroatoms. The highest BCUT2D eigenvalue weighted by Crippen LogP contribution is 2.11. The van der Waals surface area contributed by atoms with Gasteiger partial charge in [-0.2, -0.15) is 5.10 Å². The SMILES string of the molecule is CN(C)CCCNCCSc1ncnn1C. The van der Waals surface area contributed by atoms with Crippen LogP contribution in [-0.4, -0.2) is 59.1 Å². The molecule has 1 rings (SSSR count). The predicted octanol–water partition coefficient (Wildman–Crippen LogP) is 0.448. The molecule has 0 atom stereocenters. The number of thioether (sulfide) groups is 1. The molecule has 0 radical (unpaired) electrons. The van der Waals surface area contributed by atoms with Crippen molar-refractivity contribution in [3.8, 4) is 0 Å². The summed E-state index contributed by atoms with van der Waals surface area (Å²) in [5.74, 6) is 1.04. The summed E-state index contributed by atoms with van der Waals surface area (Å²) in [5.41, 5.74) is 0. The van der Waals surface area contributed by atoms with Crippen LogP contribution in [-0.2, 0) is 7.05 Å². The van der Waals surface area contributed by atoms with Gasteiger partial charge in [-0.3, -0.25) is 0 Å². The highest BCUT2D eigenvalue weighted by Gasteiger charge is 1.99. The van der Waals surface area contributed by atoms with Gasteiger partial charge in [0, 0.05) is 19.3 Å². The Morgan fingerprint density at radius 2 is 2.25 bits per heavy atom. The molecule has 0 aliphatic heterocycles. The summed E-state index contributed by atoms with van der Waals surface area (Å²) in [7, 11) is 6.12. The second-order valence-electron chi connectivity index (χ2n) is 3.92. The van der Waals surface area contributed by atoms with Gasteiger partial charge in [0.25, 0.3) is 0 Å². The molecule has 92 valence electrons. The van der Waals surface area contributed by atoms with Gasteiger partial charge in [0.2, 0.25) is 0 Å². The lowest BCUT2D eigenvalue weighted by Gasteiger charge is -2.09. The largest absolute Gasteiger partial charge is 0.316 e. The smallest absolute Gasteiger partial charge is 0.185 e. The van der Waals surface area contributed by atoms with Crippen molar-refractivity contribution in [2.45, 2.75) is 11.6 Å². The van der Waals surface area contributed by atoms with Crippen molar-refractivity contribution in [1.29, 1.82) is 0 Å². The summed E-state index contributed by atoms with van der Waals surface area (Å²) in [4.78, 5) is 6.36. The second kappa shape index (κ2) is 7.65. The molecule has 0 spiro atoms. The molecular weight excluding hydrogens is 222 g/mol. The molecule has 1 N–H and O–H groups in total. The Balaban J connectivity index is 1.94. The number of nitrogens with one attached hydrogen (secondary N) is 1. The number of hydrogen-bond donors (Lipinski definition) is 1. The molecule has 16 heavy (non-hydrogen) atoms. The summed E-state index contributed by atoms with van der Waals surface area (Å²) in [6, 6.07) is 0. The lowest BCUT2D eigenvalue weighted by Crippen LogP contribution is -2.23. The Labute approximate surface area is 102 Å². The van der Waals surface area contributed by atoms with E-state index < -0.39 is 0 Å². The highest BCUT2D eigenvalue weighted by atomic mass is 32.2. The number of aromatic nitrogens is 3. The van der Waals surface area contributed by atoms with Crippen LogP contribution in [0.4, 0.5) is 0 Å². The van der Waals surface area contributed by atoms with E-state index in [9.17, 15) is 0 Å². The number of hydrogen-bond acceptors (Lipinski definition) is 5. The third-order valence-corrected chi connectivity index (χ3v) is 3.17. The van der Waals surface area contributed by atoms with E-state index in [4.69, 9.17) is 0 Å². The summed E-state index contributed by atoms with van der Waals surface area (Å²) in [5, 5.41) is 8.42. The standard InChI is InChI=1S/C10H21N5S/c1-14(2)7-4-5-11-6-8-16-10-12-9-13-15(10)3/h9,11H,4-8H2,1-3H3. The minimum atomic E-state index is 0.982. The normalized spacial score (nSPS) is 11.2. The van der Waals surface area contributed by atoms with E-state index >= 15 is 0 Å². The van der Waals surface area contributed by atoms with Crippen LogP contribution >= 0.6 is 11.8 Å². The Bertz CT molecular complexity index is 286. The van der Waals surface area contributed by atoms with Crippen LogP contribution in [0, 0.1) is 0 Å². The maximum Gasteiger partial charge on any atom is 0.185 e. The second-order valence-corrected chi connectivity index (χ2v) is 4.98. The van der Waals surface area contributed by atoms with Gasteiger partial charge >= 0.3 is 0 Å². The zero-order chi connectivity index (χ0) is 11.8. The molecule has 1 heterocycles. The first-order valence-electron chi connectivity index (χ1n) is 5.52. The monoisotopic (exact) mass is 243 g/mol. The zero-order valence-electron chi connectivity index (χ0n) is 10.3. The molecule has 5 nitrogen and oxygen atoms in total. The fourth-order valence-corrected chi connectivity index (χ4v) is 2.06. The lowest BCUT2D eigenvalue weighted by molar-refractivity contribution is 0.396. The van der Waals surface area contributed by atoms with Crippen molar-refractivity contribution in [1.82, 2.24) is 25.0 Å². The third kappa shape index (κ3) is 5.48. The zero-order valence-corrected chi connectivity index (χ0v) is 11.1. The molecule has 0 unspecified atom stereocenters. The van der Waals surface area contributed by atoms with Crippen molar-refractivity contribution >= 4 is 11.8 Å². The van der Waals surface area contributed by atoms with Gasteiger partial charge < -0.3 is 10.2 Å². The Kier molecular flexibility index (Phi) is 6.44. The van der Waals surface area contributed by atoms with Crippen LogP contribution in [0.15, 0.2) is 11.5 Å². The number of nitrogens with zero attached hydrogens (tertiary/aromatic N) is 4. The molecule has 1 aromatic rings. The molecule has 0 aromatic carbocycles. The first-order valence-corrected chi connectivity index (χ1v) is 6.51. The van der Waals surface area contributed by atoms with E-state index in [-0.39, 0.29) is 0 Å². The Hall–Kier alpha value is -0.590. The lowest BCUT2D eigenvalue weighted by atomic mass is 10.4. The number of rotatable bonds is 8. The topological polar surface area (TPSA) is 46.0 Å². The maximum absolute atomic E-state index is 4.15. The minimum Gasteiger partial charge on any atom is -0.316 e. The quantitative estimate of drug-likeness (QED) is 0.530. The van der Waals surface area contributed by atoms with E-state index in [2.05, 4.69) is 34.4 Å². The predicted molar refractivity (Wildman–Crippen MR) is 67.8 cm³/mol. The molecule has 0 saturated heterocycles.